The molecule has 8 heteroatoms. The monoisotopic (exact) mass is 446 g/mol. The second-order valence-electron chi connectivity index (χ2n) is 9.04. The average Bonchev–Trinajstić information content (AvgIpc) is 3.03. The lowest BCUT2D eigenvalue weighted by Gasteiger charge is -2.44. The van der Waals surface area contributed by atoms with Gasteiger partial charge in [0.2, 0.25) is 5.91 Å². The van der Waals surface area contributed by atoms with Crippen molar-refractivity contribution in [2.24, 2.45) is 5.92 Å². The number of β-lactam (4-membered cyclic amide) rings is 1. The first-order valence-corrected chi connectivity index (χ1v) is 11.9. The van der Waals surface area contributed by atoms with E-state index in [9.17, 15) is 14.4 Å². The quantitative estimate of drug-likeness (QED) is 0.512. The van der Waals surface area contributed by atoms with E-state index in [1.165, 1.54) is 31.0 Å². The van der Waals surface area contributed by atoms with Crippen LogP contribution in [0.2, 0.25) is 0 Å². The zero-order chi connectivity index (χ0) is 22.0. The summed E-state index contributed by atoms with van der Waals surface area (Å²) >= 11 is 1.53. The van der Waals surface area contributed by atoms with Crippen LogP contribution in [0.1, 0.15) is 46.0 Å². The van der Waals surface area contributed by atoms with Crippen molar-refractivity contribution in [2.45, 2.75) is 68.2 Å². The zero-order valence-electron chi connectivity index (χ0n) is 18.0. The molecule has 0 radical (unpaired) electrons. The van der Waals surface area contributed by atoms with E-state index in [1.807, 2.05) is 32.0 Å². The van der Waals surface area contributed by atoms with Gasteiger partial charge in [-0.15, -0.1) is 11.8 Å². The van der Waals surface area contributed by atoms with Crippen molar-refractivity contribution in [3.8, 4) is 5.75 Å². The molecule has 3 aliphatic rings. The third-order valence-corrected chi connectivity index (χ3v) is 7.85. The van der Waals surface area contributed by atoms with Gasteiger partial charge < -0.3 is 19.7 Å². The van der Waals surface area contributed by atoms with Crippen LogP contribution in [0, 0.1) is 5.92 Å². The Bertz CT molecular complexity index is 825. The number of hydrogen-bond donors (Lipinski definition) is 1. The van der Waals surface area contributed by atoms with Crippen LogP contribution in [0.5, 0.6) is 5.75 Å². The minimum absolute atomic E-state index is 0.165. The van der Waals surface area contributed by atoms with Gasteiger partial charge in [-0.25, -0.2) is 4.79 Å². The third-order valence-electron chi connectivity index (χ3n) is 6.28. The van der Waals surface area contributed by atoms with Gasteiger partial charge in [0.15, 0.2) is 6.61 Å². The largest absolute Gasteiger partial charge is 0.484 e. The first-order valence-electron chi connectivity index (χ1n) is 11.0. The Morgan fingerprint density at radius 2 is 1.87 bits per heavy atom. The summed E-state index contributed by atoms with van der Waals surface area (Å²) in [5.41, 5.74) is 0. The molecule has 2 aliphatic heterocycles. The highest BCUT2D eigenvalue weighted by Crippen LogP contribution is 2.51. The SMILES string of the molecule is CC1(C)S[C@@H]2[C@H](NC(=O)COc3ccccc3)C(=O)N2C1C(=O)OCC1CCCCC1. The Hall–Kier alpha value is -2.22. The molecule has 2 saturated heterocycles. The molecule has 0 bridgehead atoms. The van der Waals surface area contributed by atoms with Crippen LogP contribution in [-0.2, 0) is 19.1 Å². The molecule has 3 atom stereocenters. The molecule has 0 aromatic heterocycles. The van der Waals surface area contributed by atoms with Crippen molar-refractivity contribution >= 4 is 29.5 Å². The first kappa shape index (κ1) is 22.0. The van der Waals surface area contributed by atoms with E-state index in [-0.39, 0.29) is 29.8 Å². The van der Waals surface area contributed by atoms with E-state index in [2.05, 4.69) is 5.32 Å². The van der Waals surface area contributed by atoms with Gasteiger partial charge in [-0.05, 0) is 44.7 Å². The summed E-state index contributed by atoms with van der Waals surface area (Å²) in [7, 11) is 0. The Labute approximate surface area is 187 Å². The van der Waals surface area contributed by atoms with Gasteiger partial charge in [0.1, 0.15) is 23.2 Å². The number of para-hydroxylation sites is 1. The highest BCUT2D eigenvalue weighted by molar-refractivity contribution is 8.01. The zero-order valence-corrected chi connectivity index (χ0v) is 18.9. The lowest BCUT2D eigenvalue weighted by atomic mass is 9.90. The molecular formula is C23H30N2O5S. The van der Waals surface area contributed by atoms with E-state index in [4.69, 9.17) is 9.47 Å². The smallest absolute Gasteiger partial charge is 0.330 e. The number of nitrogens with one attached hydrogen (secondary N) is 1. The van der Waals surface area contributed by atoms with E-state index < -0.39 is 16.8 Å². The number of hydrogen-bond acceptors (Lipinski definition) is 6. The number of fused-ring (bicyclic) bond motifs is 1. The summed E-state index contributed by atoms with van der Waals surface area (Å²) in [4.78, 5) is 39.6. The minimum Gasteiger partial charge on any atom is -0.484 e. The molecule has 7 nitrogen and oxygen atoms in total. The number of rotatable bonds is 7. The van der Waals surface area contributed by atoms with E-state index in [0.717, 1.165) is 12.8 Å². The van der Waals surface area contributed by atoms with Crippen molar-refractivity contribution in [1.29, 1.82) is 0 Å². The standard InChI is InChI=1S/C23H30N2O5S/c1-23(2)19(22(28)30-13-15-9-5-3-6-10-15)25-20(27)18(21(25)31-23)24-17(26)14-29-16-11-7-4-8-12-16/h4,7-8,11-12,15,18-19,21H,3,5-6,9-10,13-14H2,1-2H3,(H,24,26)/t18-,19?,21-/m1/s1. The Morgan fingerprint density at radius 1 is 1.16 bits per heavy atom. The van der Waals surface area contributed by atoms with Gasteiger partial charge in [0, 0.05) is 4.75 Å². The van der Waals surface area contributed by atoms with E-state index in [1.54, 1.807) is 17.0 Å². The van der Waals surface area contributed by atoms with Crippen LogP contribution in [0.4, 0.5) is 0 Å². The first-order chi connectivity index (χ1) is 14.9. The molecule has 1 saturated carbocycles. The fraction of sp³-hybridized carbons (Fsp3) is 0.609. The number of carbonyl (C=O) groups is 3. The van der Waals surface area contributed by atoms with Crippen molar-refractivity contribution in [3.63, 3.8) is 0 Å². The molecule has 2 amide bonds. The molecule has 3 fully saturated rings. The van der Waals surface area contributed by atoms with Crippen LogP contribution in [0.3, 0.4) is 0 Å². The predicted octanol–water partition coefficient (Wildman–Crippen LogP) is 2.74. The Balaban J connectivity index is 1.31. The van der Waals surface area contributed by atoms with Crippen LogP contribution >= 0.6 is 11.8 Å². The highest BCUT2D eigenvalue weighted by Gasteiger charge is 2.64. The fourth-order valence-corrected chi connectivity index (χ4v) is 6.26. The maximum absolute atomic E-state index is 12.9. The van der Waals surface area contributed by atoms with Gasteiger partial charge in [-0.2, -0.15) is 0 Å². The van der Waals surface area contributed by atoms with Gasteiger partial charge >= 0.3 is 5.97 Å². The Kier molecular flexibility index (Phi) is 6.46. The fourth-order valence-electron chi connectivity index (χ4n) is 4.64. The number of nitrogens with zero attached hydrogens (tertiary/aromatic N) is 1. The molecule has 0 spiro atoms. The molecule has 1 aliphatic carbocycles. The lowest BCUT2D eigenvalue weighted by molar-refractivity contribution is -0.165. The normalized spacial score (nSPS) is 27.2. The topological polar surface area (TPSA) is 84.9 Å². The molecule has 2 heterocycles. The van der Waals surface area contributed by atoms with Crippen LogP contribution in [0.15, 0.2) is 30.3 Å². The molecule has 1 N–H and O–H groups in total. The van der Waals surface area contributed by atoms with Crippen LogP contribution in [0.25, 0.3) is 0 Å². The second kappa shape index (κ2) is 9.10. The highest BCUT2D eigenvalue weighted by atomic mass is 32.2. The number of carbonyl (C=O) groups excluding carboxylic acids is 3. The molecular weight excluding hydrogens is 416 g/mol. The van der Waals surface area contributed by atoms with E-state index in [0.29, 0.717) is 18.3 Å². The molecule has 31 heavy (non-hydrogen) atoms. The van der Waals surface area contributed by atoms with Gasteiger partial charge in [0.25, 0.3) is 5.91 Å². The summed E-state index contributed by atoms with van der Waals surface area (Å²) in [6, 6.07) is 7.77. The summed E-state index contributed by atoms with van der Waals surface area (Å²) in [6.07, 6.45) is 5.83. The molecule has 1 unspecified atom stereocenters. The Morgan fingerprint density at radius 3 is 2.58 bits per heavy atom. The predicted molar refractivity (Wildman–Crippen MR) is 117 cm³/mol. The summed E-state index contributed by atoms with van der Waals surface area (Å²) in [5, 5.41) is 2.49. The second-order valence-corrected chi connectivity index (χ2v) is 10.8. The van der Waals surface area contributed by atoms with Crippen molar-refractivity contribution in [3.05, 3.63) is 30.3 Å². The summed E-state index contributed by atoms with van der Waals surface area (Å²) in [5.74, 6) is 0.0845. The van der Waals surface area contributed by atoms with Crippen molar-refractivity contribution in [1.82, 2.24) is 10.2 Å². The summed E-state index contributed by atoms with van der Waals surface area (Å²) < 4.78 is 10.6. The van der Waals surface area contributed by atoms with Gasteiger partial charge in [0.05, 0.1) is 6.61 Å². The third kappa shape index (κ3) is 4.68. The van der Waals surface area contributed by atoms with Crippen molar-refractivity contribution < 1.29 is 23.9 Å². The van der Waals surface area contributed by atoms with Crippen LogP contribution in [-0.4, -0.2) is 58.1 Å². The average molecular weight is 447 g/mol. The maximum atomic E-state index is 12.9. The molecule has 1 aromatic carbocycles. The lowest BCUT2D eigenvalue weighted by Crippen LogP contribution is -2.71. The number of benzene rings is 1. The van der Waals surface area contributed by atoms with E-state index >= 15 is 0 Å². The van der Waals surface area contributed by atoms with Gasteiger partial charge in [-0.1, -0.05) is 37.5 Å². The maximum Gasteiger partial charge on any atom is 0.330 e. The number of ether oxygens (including phenoxy) is 2. The molecule has 4 rings (SSSR count). The number of amides is 2. The molecule has 168 valence electrons. The minimum atomic E-state index is -0.646. The van der Waals surface area contributed by atoms with Gasteiger partial charge in [-0.3, -0.25) is 9.59 Å². The van der Waals surface area contributed by atoms with Crippen molar-refractivity contribution in [2.75, 3.05) is 13.2 Å². The number of thioether (sulfide) groups is 1. The van der Waals surface area contributed by atoms with Crippen LogP contribution < -0.4 is 10.1 Å². The number of esters is 1. The summed E-state index contributed by atoms with van der Waals surface area (Å²) in [6.45, 7) is 4.17. The molecule has 1 aromatic rings.